The van der Waals surface area contributed by atoms with Crippen molar-refractivity contribution in [1.82, 2.24) is 5.43 Å². The zero-order valence-corrected chi connectivity index (χ0v) is 18.4. The minimum absolute atomic E-state index is 0.0639. The highest BCUT2D eigenvalue weighted by molar-refractivity contribution is 6.35. The number of carbonyl (C=O) groups excluding carboxylic acids is 1. The van der Waals surface area contributed by atoms with Crippen LogP contribution in [0.4, 0.5) is 0 Å². The fourth-order valence-corrected chi connectivity index (χ4v) is 3.04. The molecule has 0 saturated carbocycles. The van der Waals surface area contributed by atoms with E-state index in [9.17, 15) is 4.79 Å². The van der Waals surface area contributed by atoms with Crippen LogP contribution in [-0.4, -0.2) is 18.7 Å². The van der Waals surface area contributed by atoms with E-state index in [0.717, 1.165) is 0 Å². The fraction of sp³-hybridized carbons (Fsp3) is 0.217. The molecule has 0 aliphatic heterocycles. The number of benzene rings is 2. The SMILES string of the molecule is CC(C)(C)c1ccc(OCC(=O)N/N=C\c2ccc(-c3cc(Cl)ccc3Cl)o2)cc1. The summed E-state index contributed by atoms with van der Waals surface area (Å²) in [5.74, 6) is 1.25. The van der Waals surface area contributed by atoms with Crippen molar-refractivity contribution in [2.45, 2.75) is 26.2 Å². The normalized spacial score (nSPS) is 11.6. The van der Waals surface area contributed by atoms with Crippen LogP contribution in [0.25, 0.3) is 11.3 Å². The molecule has 3 rings (SSSR count). The van der Waals surface area contributed by atoms with Crippen LogP contribution in [0.3, 0.4) is 0 Å². The van der Waals surface area contributed by atoms with Gasteiger partial charge in [0.1, 0.15) is 17.3 Å². The second-order valence-electron chi connectivity index (χ2n) is 7.68. The number of hydrazone groups is 1. The molecule has 2 aromatic carbocycles. The van der Waals surface area contributed by atoms with Crippen molar-refractivity contribution < 1.29 is 13.9 Å². The third-order valence-corrected chi connectivity index (χ3v) is 4.86. The molecule has 1 heterocycles. The van der Waals surface area contributed by atoms with E-state index in [1.807, 2.05) is 24.3 Å². The summed E-state index contributed by atoms with van der Waals surface area (Å²) in [7, 11) is 0. The molecule has 1 N–H and O–H groups in total. The molecule has 7 heteroatoms. The molecule has 0 atom stereocenters. The van der Waals surface area contributed by atoms with Gasteiger partial charge in [-0.15, -0.1) is 0 Å². The maximum Gasteiger partial charge on any atom is 0.277 e. The van der Waals surface area contributed by atoms with Gasteiger partial charge in [-0.2, -0.15) is 5.10 Å². The van der Waals surface area contributed by atoms with Crippen molar-refractivity contribution in [2.24, 2.45) is 5.10 Å². The first-order valence-electron chi connectivity index (χ1n) is 9.33. The molecule has 0 spiro atoms. The summed E-state index contributed by atoms with van der Waals surface area (Å²) in [5.41, 5.74) is 4.34. The average molecular weight is 445 g/mol. The molecule has 0 saturated heterocycles. The number of hydrogen-bond acceptors (Lipinski definition) is 4. The van der Waals surface area contributed by atoms with Crippen molar-refractivity contribution in [3.63, 3.8) is 0 Å². The summed E-state index contributed by atoms with van der Waals surface area (Å²) in [6, 6.07) is 16.3. The minimum Gasteiger partial charge on any atom is -0.484 e. The lowest BCUT2D eigenvalue weighted by molar-refractivity contribution is -0.123. The van der Waals surface area contributed by atoms with Gasteiger partial charge in [0.15, 0.2) is 6.61 Å². The summed E-state index contributed by atoms with van der Waals surface area (Å²) >= 11 is 12.2. The molecule has 5 nitrogen and oxygen atoms in total. The van der Waals surface area contributed by atoms with Crippen molar-refractivity contribution >= 4 is 35.3 Å². The third-order valence-electron chi connectivity index (χ3n) is 4.29. The molecule has 1 amide bonds. The maximum absolute atomic E-state index is 11.9. The smallest absolute Gasteiger partial charge is 0.277 e. The van der Waals surface area contributed by atoms with Crippen molar-refractivity contribution in [3.05, 3.63) is 76.0 Å². The van der Waals surface area contributed by atoms with Gasteiger partial charge in [0.05, 0.1) is 11.2 Å². The van der Waals surface area contributed by atoms with Crippen LogP contribution in [-0.2, 0) is 10.2 Å². The number of ether oxygens (including phenoxy) is 1. The summed E-state index contributed by atoms with van der Waals surface area (Å²) < 4.78 is 11.2. The highest BCUT2D eigenvalue weighted by Crippen LogP contribution is 2.31. The zero-order chi connectivity index (χ0) is 21.7. The molecular formula is C23H22Cl2N2O3. The molecule has 0 fully saturated rings. The summed E-state index contributed by atoms with van der Waals surface area (Å²) in [6.07, 6.45) is 1.40. The quantitative estimate of drug-likeness (QED) is 0.370. The topological polar surface area (TPSA) is 63.8 Å². The zero-order valence-electron chi connectivity index (χ0n) is 16.9. The van der Waals surface area contributed by atoms with E-state index in [0.29, 0.717) is 32.9 Å². The molecular weight excluding hydrogens is 423 g/mol. The first-order chi connectivity index (χ1) is 14.2. The van der Waals surface area contributed by atoms with Gasteiger partial charge < -0.3 is 9.15 Å². The Bertz CT molecular complexity index is 1050. The second-order valence-corrected chi connectivity index (χ2v) is 8.53. The Labute approximate surface area is 185 Å². The molecule has 0 aliphatic carbocycles. The van der Waals surface area contributed by atoms with Crippen LogP contribution in [0.1, 0.15) is 32.1 Å². The number of nitrogens with one attached hydrogen (secondary N) is 1. The summed E-state index contributed by atoms with van der Waals surface area (Å²) in [5, 5.41) is 4.97. The van der Waals surface area contributed by atoms with Gasteiger partial charge in [-0.25, -0.2) is 5.43 Å². The maximum atomic E-state index is 11.9. The minimum atomic E-state index is -0.379. The van der Waals surface area contributed by atoms with E-state index < -0.39 is 0 Å². The van der Waals surface area contributed by atoms with Crippen LogP contribution < -0.4 is 10.2 Å². The average Bonchev–Trinajstić information content (AvgIpc) is 3.16. The Morgan fingerprint density at radius 2 is 1.83 bits per heavy atom. The predicted molar refractivity (Wildman–Crippen MR) is 121 cm³/mol. The van der Waals surface area contributed by atoms with E-state index in [1.165, 1.54) is 11.8 Å². The van der Waals surface area contributed by atoms with Gasteiger partial charge in [0.25, 0.3) is 5.91 Å². The highest BCUT2D eigenvalue weighted by Gasteiger charge is 2.13. The number of rotatable bonds is 6. The molecule has 0 aliphatic rings. The van der Waals surface area contributed by atoms with Gasteiger partial charge in [0, 0.05) is 10.6 Å². The molecule has 30 heavy (non-hydrogen) atoms. The largest absolute Gasteiger partial charge is 0.484 e. The van der Waals surface area contributed by atoms with Crippen LogP contribution in [0, 0.1) is 0 Å². The van der Waals surface area contributed by atoms with E-state index in [-0.39, 0.29) is 17.9 Å². The Balaban J connectivity index is 1.51. The number of halogens is 2. The molecule has 0 radical (unpaired) electrons. The lowest BCUT2D eigenvalue weighted by atomic mass is 9.87. The van der Waals surface area contributed by atoms with E-state index >= 15 is 0 Å². The molecule has 1 aromatic heterocycles. The first kappa shape index (κ1) is 21.9. The van der Waals surface area contributed by atoms with Gasteiger partial charge in [-0.1, -0.05) is 56.1 Å². The van der Waals surface area contributed by atoms with E-state index in [4.69, 9.17) is 32.4 Å². The van der Waals surface area contributed by atoms with Crippen LogP contribution in [0.2, 0.25) is 10.0 Å². The fourth-order valence-electron chi connectivity index (χ4n) is 2.65. The van der Waals surface area contributed by atoms with Crippen LogP contribution >= 0.6 is 23.2 Å². The summed E-state index contributed by atoms with van der Waals surface area (Å²) in [4.78, 5) is 11.9. The number of furan rings is 1. The Morgan fingerprint density at radius 3 is 2.53 bits per heavy atom. The number of hydrogen-bond donors (Lipinski definition) is 1. The number of carbonyl (C=O) groups is 1. The van der Waals surface area contributed by atoms with Crippen LogP contribution in [0.5, 0.6) is 5.75 Å². The molecule has 0 bridgehead atoms. The molecule has 156 valence electrons. The Hall–Kier alpha value is -2.76. The van der Waals surface area contributed by atoms with E-state index in [1.54, 1.807) is 30.3 Å². The monoisotopic (exact) mass is 444 g/mol. The van der Waals surface area contributed by atoms with Gasteiger partial charge in [-0.3, -0.25) is 4.79 Å². The number of amides is 1. The van der Waals surface area contributed by atoms with Crippen LogP contribution in [0.15, 0.2) is 64.1 Å². The lowest BCUT2D eigenvalue weighted by Crippen LogP contribution is -2.24. The molecule has 0 unspecified atom stereocenters. The van der Waals surface area contributed by atoms with Crippen molar-refractivity contribution in [3.8, 4) is 17.1 Å². The highest BCUT2D eigenvalue weighted by atomic mass is 35.5. The van der Waals surface area contributed by atoms with Crippen molar-refractivity contribution in [2.75, 3.05) is 6.61 Å². The standard InChI is InChI=1S/C23H22Cl2N2O3/c1-23(2,3)15-4-7-17(8-5-15)29-14-22(28)27-26-13-18-9-11-21(30-18)19-12-16(24)6-10-20(19)25/h4-13H,14H2,1-3H3,(H,27,28)/b26-13-. The lowest BCUT2D eigenvalue weighted by Gasteiger charge is -2.19. The van der Waals surface area contributed by atoms with Gasteiger partial charge in [-0.05, 0) is 53.4 Å². The van der Waals surface area contributed by atoms with Gasteiger partial charge >= 0.3 is 0 Å². The first-order valence-corrected chi connectivity index (χ1v) is 10.1. The van der Waals surface area contributed by atoms with Crippen molar-refractivity contribution in [1.29, 1.82) is 0 Å². The second kappa shape index (κ2) is 9.37. The Morgan fingerprint density at radius 1 is 1.10 bits per heavy atom. The molecule has 3 aromatic rings. The number of nitrogens with zero attached hydrogens (tertiary/aromatic N) is 1. The Kier molecular flexibility index (Phi) is 6.85. The van der Waals surface area contributed by atoms with Gasteiger partial charge in [0.2, 0.25) is 0 Å². The predicted octanol–water partition coefficient (Wildman–Crippen LogP) is 6.08. The third kappa shape index (κ3) is 5.88. The summed E-state index contributed by atoms with van der Waals surface area (Å²) in [6.45, 7) is 6.27. The van der Waals surface area contributed by atoms with E-state index in [2.05, 4.69) is 31.3 Å².